The van der Waals surface area contributed by atoms with E-state index in [1.807, 2.05) is 16.7 Å². The van der Waals surface area contributed by atoms with Crippen molar-refractivity contribution in [3.63, 3.8) is 0 Å². The Bertz CT molecular complexity index is 1330. The molecule has 0 fully saturated rings. The summed E-state index contributed by atoms with van der Waals surface area (Å²) in [5, 5.41) is 10.4. The average Bonchev–Trinajstić information content (AvgIpc) is 3.17. The lowest BCUT2D eigenvalue weighted by Gasteiger charge is -2.09. The fraction of sp³-hybridized carbons (Fsp3) is 0.217. The summed E-state index contributed by atoms with van der Waals surface area (Å²) >= 11 is 0. The van der Waals surface area contributed by atoms with Gasteiger partial charge in [0.1, 0.15) is 18.0 Å². The van der Waals surface area contributed by atoms with E-state index in [1.54, 1.807) is 25.5 Å². The predicted octanol–water partition coefficient (Wildman–Crippen LogP) is 5.13. The van der Waals surface area contributed by atoms with Gasteiger partial charge in [0.05, 0.1) is 11.0 Å². The number of aliphatic carboxylic acids is 1. The monoisotopic (exact) mass is 475 g/mol. The third-order valence-electron chi connectivity index (χ3n) is 4.96. The van der Waals surface area contributed by atoms with Crippen molar-refractivity contribution >= 4 is 22.8 Å². The zero-order valence-electron chi connectivity index (χ0n) is 18.5. The molecule has 0 saturated carbocycles. The molecule has 0 aliphatic rings. The van der Waals surface area contributed by atoms with Gasteiger partial charge in [-0.3, -0.25) is 4.57 Å². The van der Waals surface area contributed by atoms with Gasteiger partial charge in [0.15, 0.2) is 0 Å². The molecule has 0 unspecified atom stereocenters. The Balaban J connectivity index is 0.000000406. The molecule has 0 atom stereocenters. The van der Waals surface area contributed by atoms with Crippen molar-refractivity contribution in [2.24, 2.45) is 0 Å². The molecule has 0 amide bonds. The van der Waals surface area contributed by atoms with Gasteiger partial charge in [-0.15, -0.1) is 0 Å². The highest BCUT2D eigenvalue weighted by atomic mass is 19.4. The van der Waals surface area contributed by atoms with Gasteiger partial charge in [0.25, 0.3) is 0 Å². The number of nitrogens with one attached hydrogen (secondary N) is 1. The van der Waals surface area contributed by atoms with Gasteiger partial charge in [0.2, 0.25) is 5.95 Å². The number of aromatic nitrogens is 4. The topological polar surface area (TPSA) is 92.9 Å². The number of nitrogens with zero attached hydrogens (tertiary/aromatic N) is 4. The molecular weight excluding hydrogens is 454 g/mol. The van der Waals surface area contributed by atoms with Crippen LogP contribution < -0.4 is 5.32 Å². The van der Waals surface area contributed by atoms with Crippen LogP contribution >= 0.6 is 0 Å². The molecular formula is C23H21F4N5O2. The molecule has 2 N–H and O–H groups in total. The molecule has 2 heterocycles. The van der Waals surface area contributed by atoms with Crippen molar-refractivity contribution < 1.29 is 27.5 Å². The van der Waals surface area contributed by atoms with Crippen LogP contribution in [0.4, 0.5) is 23.4 Å². The van der Waals surface area contributed by atoms with Gasteiger partial charge in [-0.1, -0.05) is 12.1 Å². The summed E-state index contributed by atoms with van der Waals surface area (Å²) < 4.78 is 47.0. The number of benzene rings is 2. The molecule has 0 bridgehead atoms. The molecule has 0 saturated heterocycles. The zero-order chi connectivity index (χ0) is 25.0. The van der Waals surface area contributed by atoms with Crippen molar-refractivity contribution in [2.75, 3.05) is 5.32 Å². The number of carboxylic acids is 1. The number of carbonyl (C=O) groups is 1. The third kappa shape index (κ3) is 5.85. The first-order valence-electron chi connectivity index (χ1n) is 10.0. The van der Waals surface area contributed by atoms with Crippen LogP contribution in [0.15, 0.2) is 48.9 Å². The maximum absolute atomic E-state index is 13.4. The van der Waals surface area contributed by atoms with Crippen LogP contribution in [0.2, 0.25) is 0 Å². The molecule has 11 heteroatoms. The van der Waals surface area contributed by atoms with Crippen molar-refractivity contribution in [2.45, 2.75) is 33.5 Å². The normalized spacial score (nSPS) is 11.1. The van der Waals surface area contributed by atoms with E-state index in [0.29, 0.717) is 23.9 Å². The molecule has 178 valence electrons. The molecule has 0 spiro atoms. The average molecular weight is 475 g/mol. The molecule has 7 nitrogen and oxygen atoms in total. The minimum atomic E-state index is -5.08. The Kier molecular flexibility index (Phi) is 7.14. The molecule has 4 aromatic rings. The van der Waals surface area contributed by atoms with Crippen LogP contribution in [-0.2, 0) is 11.3 Å². The van der Waals surface area contributed by atoms with Crippen molar-refractivity contribution in [1.29, 1.82) is 0 Å². The lowest BCUT2D eigenvalue weighted by atomic mass is 10.1. The SMILES string of the molecule is Cc1cc2ncn(-c3nccc(NCc4ccc(F)c(C)c4)n3)c2cc1C.O=C(O)C(F)(F)F. The number of imidazole rings is 1. The van der Waals surface area contributed by atoms with E-state index in [4.69, 9.17) is 9.90 Å². The quantitative estimate of drug-likeness (QED) is 0.398. The molecule has 4 rings (SSSR count). The maximum Gasteiger partial charge on any atom is 0.490 e. The summed E-state index contributed by atoms with van der Waals surface area (Å²) in [6, 6.07) is 11.1. The molecule has 0 aliphatic carbocycles. The summed E-state index contributed by atoms with van der Waals surface area (Å²) in [5.74, 6) is -1.69. The van der Waals surface area contributed by atoms with Crippen LogP contribution in [0.25, 0.3) is 17.0 Å². The number of rotatable bonds is 4. The summed E-state index contributed by atoms with van der Waals surface area (Å²) in [5.41, 5.74) is 5.93. The van der Waals surface area contributed by atoms with Gasteiger partial charge in [-0.05, 0) is 67.3 Å². The summed E-state index contributed by atoms with van der Waals surface area (Å²) in [7, 11) is 0. The Morgan fingerprint density at radius 3 is 2.35 bits per heavy atom. The van der Waals surface area contributed by atoms with E-state index in [1.165, 1.54) is 17.2 Å². The van der Waals surface area contributed by atoms with Crippen LogP contribution in [0, 0.1) is 26.6 Å². The van der Waals surface area contributed by atoms with Crippen molar-refractivity contribution in [3.8, 4) is 5.95 Å². The molecule has 34 heavy (non-hydrogen) atoms. The lowest BCUT2D eigenvalue weighted by Crippen LogP contribution is -2.21. The Morgan fingerprint density at radius 1 is 1.03 bits per heavy atom. The van der Waals surface area contributed by atoms with Gasteiger partial charge in [0, 0.05) is 12.7 Å². The number of anilines is 1. The summed E-state index contributed by atoms with van der Waals surface area (Å²) in [6.45, 7) is 6.47. The van der Waals surface area contributed by atoms with E-state index in [2.05, 4.69) is 46.2 Å². The van der Waals surface area contributed by atoms with Crippen molar-refractivity contribution in [3.05, 3.63) is 77.0 Å². The fourth-order valence-electron chi connectivity index (χ4n) is 3.00. The number of aryl methyl sites for hydroxylation is 3. The minimum Gasteiger partial charge on any atom is -0.475 e. The summed E-state index contributed by atoms with van der Waals surface area (Å²) in [6.07, 6.45) is -1.63. The number of halogens is 4. The second kappa shape index (κ2) is 9.86. The standard InChI is InChI=1S/C21H20FN5.C2HF3O2/c1-13-9-18-19(10-14(13)2)27(12-25-18)21-23-7-6-20(26-21)24-11-16-4-5-17(22)15(3)8-16;3-2(4,5)1(6)7/h4-10,12H,11H2,1-3H3,(H,23,24,26);(H,6,7). The lowest BCUT2D eigenvalue weighted by molar-refractivity contribution is -0.192. The molecule has 0 aliphatic heterocycles. The number of alkyl halides is 3. The second-order valence-corrected chi connectivity index (χ2v) is 7.52. The number of hydrogen-bond acceptors (Lipinski definition) is 5. The largest absolute Gasteiger partial charge is 0.490 e. The predicted molar refractivity (Wildman–Crippen MR) is 118 cm³/mol. The van der Waals surface area contributed by atoms with Gasteiger partial charge >= 0.3 is 12.1 Å². The summed E-state index contributed by atoms with van der Waals surface area (Å²) in [4.78, 5) is 22.3. The first-order chi connectivity index (χ1) is 16.0. The van der Waals surface area contributed by atoms with E-state index >= 15 is 0 Å². The first-order valence-corrected chi connectivity index (χ1v) is 10.0. The third-order valence-corrected chi connectivity index (χ3v) is 4.96. The van der Waals surface area contributed by atoms with Crippen LogP contribution in [-0.4, -0.2) is 36.8 Å². The van der Waals surface area contributed by atoms with Gasteiger partial charge in [-0.25, -0.2) is 19.2 Å². The Morgan fingerprint density at radius 2 is 1.71 bits per heavy atom. The molecule has 2 aromatic carbocycles. The van der Waals surface area contributed by atoms with Crippen LogP contribution in [0.1, 0.15) is 22.3 Å². The number of carboxylic acid groups (broad SMARTS) is 1. The van der Waals surface area contributed by atoms with E-state index in [0.717, 1.165) is 16.6 Å². The smallest absolute Gasteiger partial charge is 0.475 e. The highest BCUT2D eigenvalue weighted by Gasteiger charge is 2.38. The first kappa shape index (κ1) is 24.6. The van der Waals surface area contributed by atoms with E-state index in [9.17, 15) is 17.6 Å². The maximum atomic E-state index is 13.4. The van der Waals surface area contributed by atoms with E-state index in [-0.39, 0.29) is 5.82 Å². The highest BCUT2D eigenvalue weighted by molar-refractivity contribution is 5.78. The van der Waals surface area contributed by atoms with Crippen LogP contribution in [0.5, 0.6) is 0 Å². The number of fused-ring (bicyclic) bond motifs is 1. The molecule has 2 aromatic heterocycles. The van der Waals surface area contributed by atoms with Gasteiger partial charge < -0.3 is 10.4 Å². The molecule has 0 radical (unpaired) electrons. The number of hydrogen-bond donors (Lipinski definition) is 2. The highest BCUT2D eigenvalue weighted by Crippen LogP contribution is 2.21. The minimum absolute atomic E-state index is 0.194. The Labute approximate surface area is 192 Å². The fourth-order valence-corrected chi connectivity index (χ4v) is 3.00. The van der Waals surface area contributed by atoms with Crippen molar-refractivity contribution in [1.82, 2.24) is 19.5 Å². The van der Waals surface area contributed by atoms with Crippen LogP contribution in [0.3, 0.4) is 0 Å². The second-order valence-electron chi connectivity index (χ2n) is 7.52. The zero-order valence-corrected chi connectivity index (χ0v) is 18.5. The Hall–Kier alpha value is -4.02. The van der Waals surface area contributed by atoms with Gasteiger partial charge in [-0.2, -0.15) is 18.2 Å². The van der Waals surface area contributed by atoms with E-state index < -0.39 is 12.1 Å².